The van der Waals surface area contributed by atoms with Gasteiger partial charge in [-0.05, 0) is 12.5 Å². The van der Waals surface area contributed by atoms with Gasteiger partial charge in [0.2, 0.25) is 5.91 Å². The first-order valence-corrected chi connectivity index (χ1v) is 8.03. The fourth-order valence-corrected chi connectivity index (χ4v) is 2.60. The summed E-state index contributed by atoms with van der Waals surface area (Å²) < 4.78 is 18.4. The van der Waals surface area contributed by atoms with Crippen LogP contribution >= 0.6 is 0 Å². The number of nitrogens with zero attached hydrogens (tertiary/aromatic N) is 2. The molecule has 1 heterocycles. The topological polar surface area (TPSA) is 87.2 Å². The van der Waals surface area contributed by atoms with Gasteiger partial charge in [0, 0.05) is 26.1 Å². The van der Waals surface area contributed by atoms with Crippen molar-refractivity contribution < 1.29 is 28.6 Å². The largest absolute Gasteiger partial charge is 0.479 e. The van der Waals surface area contributed by atoms with E-state index in [9.17, 15) is 18.8 Å². The van der Waals surface area contributed by atoms with Gasteiger partial charge in [-0.3, -0.25) is 9.69 Å². The predicted octanol–water partition coefficient (Wildman–Crippen LogP) is 1.67. The van der Waals surface area contributed by atoms with Gasteiger partial charge in [-0.2, -0.15) is 0 Å². The van der Waals surface area contributed by atoms with Crippen molar-refractivity contribution in [3.05, 3.63) is 35.9 Å². The van der Waals surface area contributed by atoms with E-state index in [-0.39, 0.29) is 38.6 Å². The van der Waals surface area contributed by atoms with Crippen molar-refractivity contribution in [2.45, 2.75) is 32.2 Å². The highest BCUT2D eigenvalue weighted by molar-refractivity contribution is 5.86. The summed E-state index contributed by atoms with van der Waals surface area (Å²) in [7, 11) is 0. The lowest BCUT2D eigenvalue weighted by Gasteiger charge is -2.38. The maximum absolute atomic E-state index is 13.1. The number of hydrogen-bond acceptors (Lipinski definition) is 4. The molecule has 0 aromatic heterocycles. The van der Waals surface area contributed by atoms with E-state index >= 15 is 0 Å². The lowest BCUT2D eigenvalue weighted by atomic mass is 10.1. The maximum atomic E-state index is 13.1. The molecular formula is C17H21FN2O5. The minimum atomic E-state index is -2.00. The molecule has 0 radical (unpaired) electrons. The van der Waals surface area contributed by atoms with E-state index in [0.29, 0.717) is 0 Å². The second-order valence-electron chi connectivity index (χ2n) is 5.83. The number of carboxylic acid groups (broad SMARTS) is 1. The predicted molar refractivity (Wildman–Crippen MR) is 86.5 cm³/mol. The summed E-state index contributed by atoms with van der Waals surface area (Å²) in [6.07, 6.45) is -2.86. The first-order chi connectivity index (χ1) is 11.9. The van der Waals surface area contributed by atoms with Crippen molar-refractivity contribution in [1.82, 2.24) is 9.80 Å². The Balaban J connectivity index is 1.85. The molecule has 0 spiro atoms. The Morgan fingerprint density at radius 2 is 2.00 bits per heavy atom. The Hall–Kier alpha value is -2.64. The molecule has 1 aliphatic heterocycles. The molecule has 1 aromatic rings. The summed E-state index contributed by atoms with van der Waals surface area (Å²) in [5.41, 5.74) is 0.844. The summed E-state index contributed by atoms with van der Waals surface area (Å²) in [5, 5.41) is 8.55. The van der Waals surface area contributed by atoms with Crippen molar-refractivity contribution >= 4 is 18.0 Å². The third kappa shape index (κ3) is 4.91. The Kier molecular flexibility index (Phi) is 6.32. The monoisotopic (exact) mass is 352 g/mol. The molecule has 2 amide bonds. The quantitative estimate of drug-likeness (QED) is 0.841. The van der Waals surface area contributed by atoms with Crippen molar-refractivity contribution in [3.8, 4) is 0 Å². The van der Waals surface area contributed by atoms with Gasteiger partial charge in [-0.1, -0.05) is 30.3 Å². The van der Waals surface area contributed by atoms with Gasteiger partial charge in [0.15, 0.2) is 6.17 Å². The van der Waals surface area contributed by atoms with Crippen LogP contribution in [0.3, 0.4) is 0 Å². The average Bonchev–Trinajstić information content (AvgIpc) is 2.61. The molecule has 8 heteroatoms. The number of aliphatic carboxylic acids is 1. The van der Waals surface area contributed by atoms with Gasteiger partial charge in [-0.25, -0.2) is 14.0 Å². The smallest absolute Gasteiger partial charge is 0.410 e. The molecule has 25 heavy (non-hydrogen) atoms. The standard InChI is InChI=1S/C17H21FN2O5/c1-12-15(21)19(8-7-14(18)16(22)23)9-10-20(12)17(24)25-11-13-5-3-2-4-6-13/h2-6,12,14H,7-11H2,1H3,(H,22,23)/t12-,14+/m0/s1. The molecule has 2 atom stereocenters. The molecule has 0 unspecified atom stereocenters. The van der Waals surface area contributed by atoms with Crippen molar-refractivity contribution in [3.63, 3.8) is 0 Å². The Labute approximate surface area is 145 Å². The normalized spacial score (nSPS) is 18.8. The number of carbonyl (C=O) groups excluding carboxylic acids is 2. The lowest BCUT2D eigenvalue weighted by Crippen LogP contribution is -2.57. The number of carbonyl (C=O) groups is 3. The van der Waals surface area contributed by atoms with Crippen LogP contribution in [0.15, 0.2) is 30.3 Å². The molecular weight excluding hydrogens is 331 g/mol. The first kappa shape index (κ1) is 18.7. The van der Waals surface area contributed by atoms with E-state index < -0.39 is 24.3 Å². The third-order valence-corrected chi connectivity index (χ3v) is 4.11. The van der Waals surface area contributed by atoms with Crippen LogP contribution < -0.4 is 0 Å². The summed E-state index contributed by atoms with van der Waals surface area (Å²) in [4.78, 5) is 37.7. The number of halogens is 1. The minimum absolute atomic E-state index is 0.00351. The molecule has 1 aliphatic rings. The Morgan fingerprint density at radius 3 is 2.64 bits per heavy atom. The summed E-state index contributed by atoms with van der Waals surface area (Å²) in [6, 6.07) is 8.45. The van der Waals surface area contributed by atoms with E-state index in [4.69, 9.17) is 9.84 Å². The second-order valence-corrected chi connectivity index (χ2v) is 5.83. The van der Waals surface area contributed by atoms with Crippen LogP contribution in [-0.2, 0) is 20.9 Å². The maximum Gasteiger partial charge on any atom is 0.410 e. The lowest BCUT2D eigenvalue weighted by molar-refractivity contribution is -0.145. The second kappa shape index (κ2) is 8.46. The number of rotatable bonds is 6. The number of ether oxygens (including phenoxy) is 1. The van der Waals surface area contributed by atoms with E-state index in [1.54, 1.807) is 6.92 Å². The highest BCUT2D eigenvalue weighted by Gasteiger charge is 2.35. The van der Waals surface area contributed by atoms with Crippen LogP contribution in [0.4, 0.5) is 9.18 Å². The average molecular weight is 352 g/mol. The van der Waals surface area contributed by atoms with Crippen LogP contribution in [-0.4, -0.2) is 64.7 Å². The summed E-state index contributed by atoms with van der Waals surface area (Å²) in [6.45, 7) is 2.16. The number of benzene rings is 1. The Morgan fingerprint density at radius 1 is 1.32 bits per heavy atom. The van der Waals surface area contributed by atoms with Gasteiger partial charge in [0.05, 0.1) is 0 Å². The molecule has 0 bridgehead atoms. The van der Waals surface area contributed by atoms with Crippen molar-refractivity contribution in [1.29, 1.82) is 0 Å². The fourth-order valence-electron chi connectivity index (χ4n) is 2.60. The van der Waals surface area contributed by atoms with Crippen LogP contribution in [0.25, 0.3) is 0 Å². The highest BCUT2D eigenvalue weighted by Crippen LogP contribution is 2.15. The van der Waals surface area contributed by atoms with Crippen LogP contribution in [0.1, 0.15) is 18.9 Å². The number of amides is 2. The highest BCUT2D eigenvalue weighted by atomic mass is 19.1. The SMILES string of the molecule is C[C@H]1C(=O)N(CC[C@@H](F)C(=O)O)CCN1C(=O)OCc1ccccc1. The zero-order valence-corrected chi connectivity index (χ0v) is 13.9. The molecule has 136 valence electrons. The number of piperazine rings is 1. The fraction of sp³-hybridized carbons (Fsp3) is 0.471. The van der Waals surface area contributed by atoms with Gasteiger partial charge in [-0.15, -0.1) is 0 Å². The molecule has 2 rings (SSSR count). The molecule has 0 saturated carbocycles. The summed E-state index contributed by atoms with van der Waals surface area (Å²) >= 11 is 0. The zero-order chi connectivity index (χ0) is 18.4. The molecule has 1 saturated heterocycles. The van der Waals surface area contributed by atoms with Crippen LogP contribution in [0, 0.1) is 0 Å². The van der Waals surface area contributed by atoms with E-state index in [1.807, 2.05) is 30.3 Å². The molecule has 0 aliphatic carbocycles. The van der Waals surface area contributed by atoms with Crippen LogP contribution in [0.2, 0.25) is 0 Å². The van der Waals surface area contributed by atoms with Gasteiger partial charge >= 0.3 is 12.1 Å². The first-order valence-electron chi connectivity index (χ1n) is 8.03. The van der Waals surface area contributed by atoms with Crippen molar-refractivity contribution in [2.24, 2.45) is 0 Å². The third-order valence-electron chi connectivity index (χ3n) is 4.11. The molecule has 1 N–H and O–H groups in total. The number of carboxylic acids is 1. The Bertz CT molecular complexity index is 625. The molecule has 1 fully saturated rings. The zero-order valence-electron chi connectivity index (χ0n) is 13.9. The van der Waals surface area contributed by atoms with Gasteiger partial charge in [0.25, 0.3) is 0 Å². The van der Waals surface area contributed by atoms with Gasteiger partial charge < -0.3 is 14.7 Å². The number of alkyl halides is 1. The van der Waals surface area contributed by atoms with Gasteiger partial charge in [0.1, 0.15) is 12.6 Å². The van der Waals surface area contributed by atoms with Crippen molar-refractivity contribution in [2.75, 3.05) is 19.6 Å². The van der Waals surface area contributed by atoms with Crippen LogP contribution in [0.5, 0.6) is 0 Å². The number of hydrogen-bond donors (Lipinski definition) is 1. The minimum Gasteiger partial charge on any atom is -0.479 e. The van der Waals surface area contributed by atoms with E-state index in [2.05, 4.69) is 0 Å². The van der Waals surface area contributed by atoms with E-state index in [0.717, 1.165) is 5.56 Å². The molecule has 7 nitrogen and oxygen atoms in total. The summed E-state index contributed by atoms with van der Waals surface area (Å²) in [5.74, 6) is -1.89. The van der Waals surface area contributed by atoms with E-state index in [1.165, 1.54) is 9.80 Å². The molecule has 1 aromatic carbocycles.